The first-order chi connectivity index (χ1) is 7.14. The maximum Gasteiger partial charge on any atom is 0.337 e. The van der Waals surface area contributed by atoms with Crippen molar-refractivity contribution in [2.45, 2.75) is 45.7 Å². The van der Waals surface area contributed by atoms with Gasteiger partial charge in [-0.05, 0) is 31.9 Å². The molecule has 0 amide bonds. The Hall–Kier alpha value is -0.193. The Bertz CT molecular complexity index is 183. The molecular formula is C11H25NO2Si. The Balaban J connectivity index is 3.91. The lowest BCUT2D eigenvalue weighted by Crippen LogP contribution is -2.39. The highest BCUT2D eigenvalue weighted by molar-refractivity contribution is 6.67. The number of hydrogen-bond donors (Lipinski definition) is 0. The van der Waals surface area contributed by atoms with Crippen LogP contribution in [0.4, 0.5) is 0 Å². The summed E-state index contributed by atoms with van der Waals surface area (Å²) in [6, 6.07) is 2.05. The zero-order valence-electron chi connectivity index (χ0n) is 10.8. The highest BCUT2D eigenvalue weighted by Crippen LogP contribution is 2.18. The summed E-state index contributed by atoms with van der Waals surface area (Å²) in [6.07, 6.45) is 2.12. The molecule has 0 aromatic heterocycles. The van der Waals surface area contributed by atoms with Gasteiger partial charge in [-0.2, -0.15) is 0 Å². The first-order valence-corrected chi connectivity index (χ1v) is 7.97. The lowest BCUT2D eigenvalue weighted by molar-refractivity contribution is 0.242. The topological polar surface area (TPSA) is 30.8 Å². The smallest absolute Gasteiger partial charge is 0.337 e. The van der Waals surface area contributed by atoms with Gasteiger partial charge in [-0.3, -0.25) is 4.99 Å². The molecule has 0 bridgehead atoms. The molecule has 0 aliphatic heterocycles. The van der Waals surface area contributed by atoms with Crippen molar-refractivity contribution in [2.24, 2.45) is 4.99 Å². The van der Waals surface area contributed by atoms with Crippen LogP contribution in [0.3, 0.4) is 0 Å². The third-order valence-corrected chi connectivity index (χ3v) is 6.57. The van der Waals surface area contributed by atoms with Crippen LogP contribution in [-0.4, -0.2) is 35.0 Å². The van der Waals surface area contributed by atoms with E-state index in [-0.39, 0.29) is 0 Å². The van der Waals surface area contributed by atoms with Crippen molar-refractivity contribution in [3.8, 4) is 0 Å². The van der Waals surface area contributed by atoms with E-state index in [0.717, 1.165) is 31.5 Å². The molecule has 15 heavy (non-hydrogen) atoms. The summed E-state index contributed by atoms with van der Waals surface area (Å²) in [5, 5.41) is 0. The van der Waals surface area contributed by atoms with Crippen LogP contribution >= 0.6 is 0 Å². The molecule has 3 nitrogen and oxygen atoms in total. The van der Waals surface area contributed by atoms with Crippen molar-refractivity contribution in [3.63, 3.8) is 0 Å². The number of nitrogens with zero attached hydrogens (tertiary/aromatic N) is 1. The second-order valence-corrected chi connectivity index (χ2v) is 7.59. The van der Waals surface area contributed by atoms with Gasteiger partial charge in [0, 0.05) is 26.5 Å². The van der Waals surface area contributed by atoms with Gasteiger partial charge in [0.1, 0.15) is 0 Å². The minimum atomic E-state index is -1.87. The van der Waals surface area contributed by atoms with Crippen molar-refractivity contribution in [3.05, 3.63) is 0 Å². The van der Waals surface area contributed by atoms with E-state index >= 15 is 0 Å². The van der Waals surface area contributed by atoms with E-state index < -0.39 is 8.56 Å². The molecule has 0 spiro atoms. The monoisotopic (exact) mass is 231 g/mol. The van der Waals surface area contributed by atoms with Gasteiger partial charge in [-0.25, -0.2) is 0 Å². The predicted octanol–water partition coefficient (Wildman–Crippen LogP) is 3.00. The van der Waals surface area contributed by atoms with E-state index in [1.807, 2.05) is 0 Å². The van der Waals surface area contributed by atoms with Crippen molar-refractivity contribution < 1.29 is 8.85 Å². The molecule has 0 atom stereocenters. The normalized spacial score (nSPS) is 13.3. The number of rotatable bonds is 8. The van der Waals surface area contributed by atoms with E-state index in [4.69, 9.17) is 8.85 Å². The molecular weight excluding hydrogens is 206 g/mol. The minimum Gasteiger partial charge on any atom is -0.398 e. The molecule has 0 aromatic rings. The van der Waals surface area contributed by atoms with Gasteiger partial charge >= 0.3 is 8.56 Å². The van der Waals surface area contributed by atoms with Crippen molar-refractivity contribution >= 4 is 14.3 Å². The Morgan fingerprint density at radius 3 is 2.20 bits per heavy atom. The number of hydrogen-bond acceptors (Lipinski definition) is 3. The molecule has 0 aliphatic rings. The lowest BCUT2D eigenvalue weighted by Gasteiger charge is -2.25. The van der Waals surface area contributed by atoms with Gasteiger partial charge in [-0.1, -0.05) is 13.8 Å². The van der Waals surface area contributed by atoms with E-state index in [1.165, 1.54) is 5.71 Å². The zero-order valence-corrected chi connectivity index (χ0v) is 11.8. The fourth-order valence-electron chi connectivity index (χ4n) is 1.48. The molecule has 0 radical (unpaired) electrons. The van der Waals surface area contributed by atoms with Crippen LogP contribution in [0.2, 0.25) is 12.1 Å². The van der Waals surface area contributed by atoms with Crippen LogP contribution in [0.25, 0.3) is 0 Å². The van der Waals surface area contributed by atoms with Crippen LogP contribution < -0.4 is 0 Å². The number of aliphatic imine (C=N–C) groups is 1. The SMILES string of the molecule is CCC(C)=NCCC[Si](CC)(OC)OC. The summed E-state index contributed by atoms with van der Waals surface area (Å²) in [4.78, 5) is 4.48. The van der Waals surface area contributed by atoms with E-state index in [2.05, 4.69) is 25.8 Å². The highest BCUT2D eigenvalue weighted by Gasteiger charge is 2.32. The van der Waals surface area contributed by atoms with Crippen LogP contribution in [0, 0.1) is 0 Å². The summed E-state index contributed by atoms with van der Waals surface area (Å²) in [5.74, 6) is 0. The summed E-state index contributed by atoms with van der Waals surface area (Å²) in [5.41, 5.74) is 1.23. The second kappa shape index (κ2) is 8.02. The molecule has 0 aromatic carbocycles. The van der Waals surface area contributed by atoms with Crippen LogP contribution in [-0.2, 0) is 8.85 Å². The molecule has 0 unspecified atom stereocenters. The third-order valence-electron chi connectivity index (χ3n) is 2.89. The molecule has 0 rings (SSSR count). The van der Waals surface area contributed by atoms with E-state index in [9.17, 15) is 0 Å². The summed E-state index contributed by atoms with van der Waals surface area (Å²) < 4.78 is 11.1. The summed E-state index contributed by atoms with van der Waals surface area (Å²) in [6.45, 7) is 7.26. The summed E-state index contributed by atoms with van der Waals surface area (Å²) in [7, 11) is 1.66. The van der Waals surface area contributed by atoms with Crippen LogP contribution in [0.5, 0.6) is 0 Å². The Labute approximate surface area is 95.1 Å². The molecule has 0 saturated carbocycles. The van der Waals surface area contributed by atoms with Crippen molar-refractivity contribution in [1.29, 1.82) is 0 Å². The fourth-order valence-corrected chi connectivity index (χ4v) is 3.69. The highest BCUT2D eigenvalue weighted by atomic mass is 28.4. The van der Waals surface area contributed by atoms with Gasteiger partial charge in [0.25, 0.3) is 0 Å². The van der Waals surface area contributed by atoms with E-state index in [0.29, 0.717) is 0 Å². The maximum atomic E-state index is 5.54. The van der Waals surface area contributed by atoms with Crippen molar-refractivity contribution in [1.82, 2.24) is 0 Å². The average Bonchev–Trinajstić information content (AvgIpc) is 2.30. The summed E-state index contributed by atoms with van der Waals surface area (Å²) >= 11 is 0. The van der Waals surface area contributed by atoms with E-state index in [1.54, 1.807) is 14.2 Å². The zero-order chi connectivity index (χ0) is 11.7. The largest absolute Gasteiger partial charge is 0.398 e. The van der Waals surface area contributed by atoms with Gasteiger partial charge in [0.05, 0.1) is 0 Å². The van der Waals surface area contributed by atoms with Crippen LogP contribution in [0.15, 0.2) is 4.99 Å². The third kappa shape index (κ3) is 5.44. The quantitative estimate of drug-likeness (QED) is 0.365. The molecule has 0 aliphatic carbocycles. The molecule has 0 saturated heterocycles. The molecule has 4 heteroatoms. The van der Waals surface area contributed by atoms with Gasteiger partial charge in [0.15, 0.2) is 0 Å². The van der Waals surface area contributed by atoms with Gasteiger partial charge in [0.2, 0.25) is 0 Å². The lowest BCUT2D eigenvalue weighted by atomic mass is 10.3. The minimum absolute atomic E-state index is 0.904. The molecule has 0 heterocycles. The van der Waals surface area contributed by atoms with Crippen LogP contribution in [0.1, 0.15) is 33.6 Å². The van der Waals surface area contributed by atoms with Gasteiger partial charge < -0.3 is 8.85 Å². The van der Waals surface area contributed by atoms with Crippen molar-refractivity contribution in [2.75, 3.05) is 20.8 Å². The first-order valence-electron chi connectivity index (χ1n) is 5.74. The predicted molar refractivity (Wildman–Crippen MR) is 67.9 cm³/mol. The standard InChI is InChI=1S/C11H25NO2Si/c1-6-11(3)12-9-8-10-15(7-2,13-4)14-5/h6-10H2,1-5H3. The Morgan fingerprint density at radius 1 is 1.20 bits per heavy atom. The van der Waals surface area contributed by atoms with Gasteiger partial charge in [-0.15, -0.1) is 0 Å². The average molecular weight is 231 g/mol. The molecule has 0 N–H and O–H groups in total. The Morgan fingerprint density at radius 2 is 1.80 bits per heavy atom. The second-order valence-electron chi connectivity index (χ2n) is 3.75. The maximum absolute atomic E-state index is 5.54. The molecule has 90 valence electrons. The Kier molecular flexibility index (Phi) is 7.91. The fraction of sp³-hybridized carbons (Fsp3) is 0.909. The first kappa shape index (κ1) is 14.8. The molecule has 0 fully saturated rings.